The largest absolute Gasteiger partial charge is 0.394 e. The van der Waals surface area contributed by atoms with Gasteiger partial charge >= 0.3 is 0 Å². The minimum Gasteiger partial charge on any atom is -0.394 e. The van der Waals surface area contributed by atoms with Crippen LogP contribution in [-0.2, 0) is 28.4 Å². The van der Waals surface area contributed by atoms with Gasteiger partial charge in [-0.1, -0.05) is 34.6 Å². The number of aliphatic hydroxyl groups is 7. The maximum Gasteiger partial charge on any atom is 0.186 e. The summed E-state index contributed by atoms with van der Waals surface area (Å²) in [6.07, 6.45) is -5.34. The van der Waals surface area contributed by atoms with E-state index in [1.165, 1.54) is 0 Å². The van der Waals surface area contributed by atoms with Crippen LogP contribution in [0.2, 0.25) is 0 Å². The molecule has 3 heterocycles. The SMILES string of the molecule is CCOC1OC2CC3(C)C4C(O[C@@H]5O[C@H](CO)[C@@H](O)[C@H](O)[C@H]5O)CC5C(C)(C)C(O[C@@H]6OC[C@@H](O)[C@H](O)[C@H]6O)CC[C@]56CC46CC[C@]3(C)C2CC1C. The Labute approximate surface area is 307 Å². The molecule has 0 amide bonds. The molecule has 52 heavy (non-hydrogen) atoms. The Morgan fingerprint density at radius 3 is 2.19 bits per heavy atom. The molecule has 2 spiro atoms. The molecule has 5 aliphatic carbocycles. The van der Waals surface area contributed by atoms with Crippen LogP contribution in [0.25, 0.3) is 0 Å². The zero-order chi connectivity index (χ0) is 37.3. The van der Waals surface area contributed by atoms with Crippen molar-refractivity contribution < 1.29 is 64.2 Å². The first-order chi connectivity index (χ1) is 24.5. The lowest BCUT2D eigenvalue weighted by atomic mass is 9.41. The summed E-state index contributed by atoms with van der Waals surface area (Å²) in [5.74, 6) is 0.841. The van der Waals surface area contributed by atoms with E-state index in [2.05, 4.69) is 34.6 Å². The van der Waals surface area contributed by atoms with Crippen LogP contribution in [-0.4, -0.2) is 135 Å². The fourth-order valence-corrected chi connectivity index (χ4v) is 14.0. The number of hydrogen-bond acceptors (Lipinski definition) is 13. The second kappa shape index (κ2) is 13.0. The third-order valence-electron chi connectivity index (χ3n) is 16.8. The minimum absolute atomic E-state index is 0.0259. The average molecular weight is 741 g/mol. The molecule has 0 aromatic rings. The van der Waals surface area contributed by atoms with Crippen LogP contribution in [0.1, 0.15) is 92.9 Å². The first-order valence-corrected chi connectivity index (χ1v) is 20.0. The van der Waals surface area contributed by atoms with Crippen molar-refractivity contribution in [2.24, 2.45) is 50.7 Å². The molecule has 10 unspecified atom stereocenters. The van der Waals surface area contributed by atoms with Gasteiger partial charge in [0.15, 0.2) is 18.9 Å². The molecular weight excluding hydrogens is 676 g/mol. The van der Waals surface area contributed by atoms with E-state index in [1.54, 1.807) is 0 Å². The van der Waals surface area contributed by atoms with Crippen molar-refractivity contribution in [2.45, 2.75) is 173 Å². The quantitative estimate of drug-likeness (QED) is 0.186. The van der Waals surface area contributed by atoms with E-state index in [4.69, 9.17) is 28.4 Å². The van der Waals surface area contributed by atoms with Gasteiger partial charge in [-0.2, -0.15) is 0 Å². The summed E-state index contributed by atoms with van der Waals surface area (Å²) in [6.45, 7) is 13.5. The van der Waals surface area contributed by atoms with Gasteiger partial charge in [-0.25, -0.2) is 0 Å². The van der Waals surface area contributed by atoms with Crippen LogP contribution in [0, 0.1) is 50.7 Å². The summed E-state index contributed by atoms with van der Waals surface area (Å²) in [7, 11) is 0. The standard InChI is InChI=1S/C39H64O13/c1-7-47-32-18(2)12-19-22(50-32)14-37(6)31-21(49-34-30(46)28(44)27(43)23(15-40)51-34)13-24-35(3,4)25(52-33-29(45)26(42)20(41)16-48-33)8-9-38(24)17-39(31,38)11-10-36(19,37)5/h18-34,40-46H,7-17H2,1-6H3/t18?,19?,20-,21?,22?,23-,24?,25?,26+,27-,28+,29-,30-,31?,32?,33+,34-,36-,37?,38+,39?/m1/s1. The van der Waals surface area contributed by atoms with Crippen molar-refractivity contribution in [3.8, 4) is 0 Å². The van der Waals surface area contributed by atoms with Crippen molar-refractivity contribution >= 4 is 0 Å². The summed E-state index contributed by atoms with van der Waals surface area (Å²) < 4.78 is 38.2. The highest BCUT2D eigenvalue weighted by Crippen LogP contribution is 2.89. The van der Waals surface area contributed by atoms with Crippen LogP contribution in [0.5, 0.6) is 0 Å². The third-order valence-corrected chi connectivity index (χ3v) is 16.8. The minimum atomic E-state index is -1.54. The fraction of sp³-hybridized carbons (Fsp3) is 1.00. The lowest BCUT2D eigenvalue weighted by molar-refractivity contribution is -0.335. The number of aliphatic hydroxyl groups excluding tert-OH is 7. The zero-order valence-corrected chi connectivity index (χ0v) is 31.7. The van der Waals surface area contributed by atoms with E-state index in [9.17, 15) is 35.7 Å². The Hall–Kier alpha value is -0.520. The predicted octanol–water partition coefficient (Wildman–Crippen LogP) is 1.44. The van der Waals surface area contributed by atoms with E-state index in [0.29, 0.717) is 18.9 Å². The monoisotopic (exact) mass is 740 g/mol. The molecule has 13 nitrogen and oxygen atoms in total. The molecule has 5 saturated carbocycles. The van der Waals surface area contributed by atoms with E-state index < -0.39 is 73.4 Å². The van der Waals surface area contributed by atoms with Crippen molar-refractivity contribution in [1.82, 2.24) is 0 Å². The smallest absolute Gasteiger partial charge is 0.186 e. The molecule has 0 bridgehead atoms. The third kappa shape index (κ3) is 5.20. The molecule has 8 aliphatic rings. The second-order valence-electron chi connectivity index (χ2n) is 19.2. The van der Waals surface area contributed by atoms with Gasteiger partial charge in [-0.05, 0) is 103 Å². The predicted molar refractivity (Wildman–Crippen MR) is 183 cm³/mol. The number of ether oxygens (including phenoxy) is 6. The first kappa shape index (κ1) is 38.4. The highest BCUT2D eigenvalue weighted by Gasteiger charge is 2.85. The van der Waals surface area contributed by atoms with Gasteiger partial charge in [0.2, 0.25) is 0 Å². The molecule has 0 aromatic heterocycles. The van der Waals surface area contributed by atoms with Crippen molar-refractivity contribution in [3.05, 3.63) is 0 Å². The normalized spacial score (nSPS) is 59.4. The lowest BCUT2D eigenvalue weighted by Gasteiger charge is -2.65. The highest BCUT2D eigenvalue weighted by atomic mass is 16.7. The zero-order valence-electron chi connectivity index (χ0n) is 31.7. The Balaban J connectivity index is 1.15. The molecule has 3 saturated heterocycles. The van der Waals surface area contributed by atoms with Crippen LogP contribution < -0.4 is 0 Å². The van der Waals surface area contributed by atoms with Gasteiger partial charge in [-0.15, -0.1) is 0 Å². The Kier molecular flexibility index (Phi) is 9.59. The molecular formula is C39H64O13. The van der Waals surface area contributed by atoms with Crippen molar-refractivity contribution in [2.75, 3.05) is 19.8 Å². The van der Waals surface area contributed by atoms with Crippen LogP contribution in [0.15, 0.2) is 0 Å². The average Bonchev–Trinajstić information content (AvgIpc) is 3.70. The fourth-order valence-electron chi connectivity index (χ4n) is 14.0. The first-order valence-electron chi connectivity index (χ1n) is 20.0. The summed E-state index contributed by atoms with van der Waals surface area (Å²) in [4.78, 5) is 0. The number of fused-ring (bicyclic) bond motifs is 4. The van der Waals surface area contributed by atoms with Crippen molar-refractivity contribution in [1.29, 1.82) is 0 Å². The Bertz CT molecular complexity index is 1330. The van der Waals surface area contributed by atoms with E-state index in [1.807, 2.05) is 6.92 Å². The van der Waals surface area contributed by atoms with Gasteiger partial charge < -0.3 is 64.2 Å². The molecule has 0 aromatic carbocycles. The number of rotatable bonds is 7. The molecule has 0 radical (unpaired) electrons. The summed E-state index contributed by atoms with van der Waals surface area (Å²) in [5.41, 5.74) is -0.670. The Morgan fingerprint density at radius 1 is 0.750 bits per heavy atom. The maximum atomic E-state index is 11.3. The van der Waals surface area contributed by atoms with Gasteiger partial charge in [0.1, 0.15) is 42.7 Å². The molecule has 8 fully saturated rings. The van der Waals surface area contributed by atoms with Crippen LogP contribution in [0.3, 0.4) is 0 Å². The molecule has 298 valence electrons. The van der Waals surface area contributed by atoms with Crippen LogP contribution >= 0.6 is 0 Å². The highest BCUT2D eigenvalue weighted by molar-refractivity contribution is 5.33. The maximum absolute atomic E-state index is 11.3. The van der Waals surface area contributed by atoms with Gasteiger partial charge in [0.05, 0.1) is 31.5 Å². The summed E-state index contributed by atoms with van der Waals surface area (Å²) in [5, 5.41) is 73.9. The van der Waals surface area contributed by atoms with E-state index in [0.717, 1.165) is 44.9 Å². The van der Waals surface area contributed by atoms with Crippen LogP contribution in [0.4, 0.5) is 0 Å². The number of hydrogen-bond donors (Lipinski definition) is 7. The topological polar surface area (TPSA) is 197 Å². The summed E-state index contributed by atoms with van der Waals surface area (Å²) in [6, 6.07) is 0. The molecule has 3 aliphatic heterocycles. The van der Waals surface area contributed by atoms with Gasteiger partial charge in [0, 0.05) is 12.5 Å². The molecule has 8 rings (SSSR count). The lowest BCUT2D eigenvalue weighted by Crippen LogP contribution is -2.65. The summed E-state index contributed by atoms with van der Waals surface area (Å²) >= 11 is 0. The molecule has 21 atom stereocenters. The second-order valence-corrected chi connectivity index (χ2v) is 19.2. The molecule has 13 heteroatoms. The van der Waals surface area contributed by atoms with E-state index >= 15 is 0 Å². The Morgan fingerprint density at radius 2 is 1.48 bits per heavy atom. The van der Waals surface area contributed by atoms with Gasteiger partial charge in [-0.3, -0.25) is 0 Å². The van der Waals surface area contributed by atoms with Crippen molar-refractivity contribution in [3.63, 3.8) is 0 Å². The van der Waals surface area contributed by atoms with Gasteiger partial charge in [0.25, 0.3) is 0 Å². The van der Waals surface area contributed by atoms with E-state index in [-0.39, 0.29) is 64.5 Å². The molecule has 7 N–H and O–H groups in total.